The molecule has 140 valence electrons. The quantitative estimate of drug-likeness (QED) is 0.522. The van der Waals surface area contributed by atoms with Crippen molar-refractivity contribution in [3.8, 4) is 0 Å². The Morgan fingerprint density at radius 1 is 1.38 bits per heavy atom. The van der Waals surface area contributed by atoms with E-state index in [1.54, 1.807) is 19.1 Å². The van der Waals surface area contributed by atoms with E-state index in [9.17, 15) is 14.9 Å². The molecule has 26 heavy (non-hydrogen) atoms. The largest absolute Gasteiger partial charge is 0.481 e. The van der Waals surface area contributed by atoms with Gasteiger partial charge < -0.3 is 9.67 Å². The molecule has 0 saturated heterocycles. The number of rotatable bonds is 9. The van der Waals surface area contributed by atoms with Crippen LogP contribution >= 0.6 is 11.6 Å². The highest BCUT2D eigenvalue weighted by Crippen LogP contribution is 2.24. The summed E-state index contributed by atoms with van der Waals surface area (Å²) < 4.78 is 1.86. The summed E-state index contributed by atoms with van der Waals surface area (Å²) >= 11 is 6.49. The summed E-state index contributed by atoms with van der Waals surface area (Å²) in [4.78, 5) is 26.0. The molecule has 0 radical (unpaired) electrons. The third-order valence-electron chi connectivity index (χ3n) is 4.21. The molecule has 0 spiro atoms. The van der Waals surface area contributed by atoms with Gasteiger partial charge >= 0.3 is 5.97 Å². The van der Waals surface area contributed by atoms with Gasteiger partial charge in [0.05, 0.1) is 23.1 Å². The first-order chi connectivity index (χ1) is 12.3. The summed E-state index contributed by atoms with van der Waals surface area (Å²) in [6, 6.07) is 6.30. The smallest absolute Gasteiger partial charge is 0.306 e. The molecule has 1 unspecified atom stereocenters. The van der Waals surface area contributed by atoms with E-state index in [-0.39, 0.29) is 12.1 Å². The number of imidazole rings is 1. The van der Waals surface area contributed by atoms with Crippen LogP contribution in [0.3, 0.4) is 0 Å². The lowest BCUT2D eigenvalue weighted by Crippen LogP contribution is -2.12. The minimum absolute atomic E-state index is 0.0349. The van der Waals surface area contributed by atoms with Crippen LogP contribution in [0.2, 0.25) is 5.15 Å². The van der Waals surface area contributed by atoms with Crippen molar-refractivity contribution in [1.29, 1.82) is 0 Å². The summed E-state index contributed by atoms with van der Waals surface area (Å²) in [7, 11) is 0. The van der Waals surface area contributed by atoms with Crippen molar-refractivity contribution in [1.82, 2.24) is 9.55 Å². The molecule has 1 heterocycles. The molecule has 7 nitrogen and oxygen atoms in total. The van der Waals surface area contributed by atoms with Crippen LogP contribution in [0.4, 0.5) is 5.69 Å². The summed E-state index contributed by atoms with van der Waals surface area (Å²) in [6.45, 7) is 4.14. The molecule has 0 amide bonds. The minimum Gasteiger partial charge on any atom is -0.481 e. The predicted octanol–water partition coefficient (Wildman–Crippen LogP) is 4.10. The Morgan fingerprint density at radius 3 is 2.58 bits per heavy atom. The van der Waals surface area contributed by atoms with Crippen molar-refractivity contribution >= 4 is 23.3 Å². The number of unbranched alkanes of at least 4 members (excludes halogenated alkanes) is 1. The first-order valence-electron chi connectivity index (χ1n) is 8.53. The van der Waals surface area contributed by atoms with Gasteiger partial charge in [0.1, 0.15) is 11.0 Å². The summed E-state index contributed by atoms with van der Waals surface area (Å²) in [5.41, 5.74) is 1.48. The van der Waals surface area contributed by atoms with Gasteiger partial charge in [0.15, 0.2) is 0 Å². The Morgan fingerprint density at radius 2 is 2.04 bits per heavy atom. The maximum Gasteiger partial charge on any atom is 0.306 e. The van der Waals surface area contributed by atoms with Crippen LogP contribution in [0.25, 0.3) is 0 Å². The normalized spacial score (nSPS) is 12.1. The molecule has 0 bridgehead atoms. The maximum absolute atomic E-state index is 11.1. The molecule has 0 aliphatic heterocycles. The first-order valence-corrected chi connectivity index (χ1v) is 8.91. The summed E-state index contributed by atoms with van der Waals surface area (Å²) in [5.74, 6) is -0.655. The molecule has 0 fully saturated rings. The summed E-state index contributed by atoms with van der Waals surface area (Å²) in [5, 5.41) is 20.3. The van der Waals surface area contributed by atoms with Crippen molar-refractivity contribution in [3.05, 3.63) is 56.6 Å². The van der Waals surface area contributed by atoms with E-state index in [0.717, 1.165) is 30.7 Å². The Kier molecular flexibility index (Phi) is 6.74. The molecule has 0 saturated carbocycles. The number of carbonyl (C=O) groups is 1. The van der Waals surface area contributed by atoms with Crippen molar-refractivity contribution in [2.24, 2.45) is 5.92 Å². The number of non-ortho nitro benzene ring substituents is 1. The highest BCUT2D eigenvalue weighted by Gasteiger charge is 2.20. The fraction of sp³-hybridized carbons (Fsp3) is 0.444. The molecule has 0 aliphatic rings. The number of hydrogen-bond acceptors (Lipinski definition) is 4. The van der Waals surface area contributed by atoms with Gasteiger partial charge in [0, 0.05) is 25.0 Å². The zero-order chi connectivity index (χ0) is 19.3. The van der Waals surface area contributed by atoms with E-state index in [0.29, 0.717) is 17.4 Å². The highest BCUT2D eigenvalue weighted by molar-refractivity contribution is 6.30. The van der Waals surface area contributed by atoms with Gasteiger partial charge in [0.2, 0.25) is 0 Å². The molecule has 1 atom stereocenters. The molecule has 2 rings (SSSR count). The Balaban J connectivity index is 2.30. The third kappa shape index (κ3) is 4.82. The van der Waals surface area contributed by atoms with Crippen molar-refractivity contribution in [2.45, 2.75) is 46.1 Å². The number of aryl methyl sites for hydroxylation is 1. The highest BCUT2D eigenvalue weighted by atomic mass is 35.5. The molecule has 2 aromatic rings. The number of aliphatic carboxylic acids is 1. The molecule has 1 aromatic carbocycles. The van der Waals surface area contributed by atoms with Gasteiger partial charge in [0.25, 0.3) is 5.69 Å². The van der Waals surface area contributed by atoms with Crippen LogP contribution in [0, 0.1) is 16.0 Å². The molecule has 8 heteroatoms. The van der Waals surface area contributed by atoms with E-state index in [2.05, 4.69) is 11.9 Å². The molecule has 1 N–H and O–H groups in total. The van der Waals surface area contributed by atoms with Gasteiger partial charge in [-0.05, 0) is 12.0 Å². The number of aromatic nitrogens is 2. The number of hydrogen-bond donors (Lipinski definition) is 1. The third-order valence-corrected chi connectivity index (χ3v) is 4.64. The number of benzene rings is 1. The van der Waals surface area contributed by atoms with Crippen molar-refractivity contribution < 1.29 is 14.8 Å². The Labute approximate surface area is 156 Å². The predicted molar refractivity (Wildman–Crippen MR) is 98.6 cm³/mol. The van der Waals surface area contributed by atoms with E-state index in [4.69, 9.17) is 16.7 Å². The van der Waals surface area contributed by atoms with E-state index in [1.165, 1.54) is 12.1 Å². The minimum atomic E-state index is -0.888. The maximum atomic E-state index is 11.1. The van der Waals surface area contributed by atoms with Crippen LogP contribution in [0.1, 0.15) is 43.8 Å². The molecular formula is C18H22ClN3O4. The summed E-state index contributed by atoms with van der Waals surface area (Å²) in [6.07, 6.45) is 2.95. The number of nitro benzene ring substituents is 1. The monoisotopic (exact) mass is 379 g/mol. The Bertz CT molecular complexity index is 786. The van der Waals surface area contributed by atoms with Crippen LogP contribution < -0.4 is 0 Å². The van der Waals surface area contributed by atoms with Crippen LogP contribution in [-0.2, 0) is 24.2 Å². The van der Waals surface area contributed by atoms with Gasteiger partial charge in [-0.15, -0.1) is 0 Å². The van der Waals surface area contributed by atoms with Crippen LogP contribution in [0.5, 0.6) is 0 Å². The second kappa shape index (κ2) is 8.80. The number of nitro groups is 1. The zero-order valence-electron chi connectivity index (χ0n) is 14.8. The fourth-order valence-corrected chi connectivity index (χ4v) is 2.91. The SMILES string of the molecule is CCCCc1nc(CC(C)C(=O)O)c(Cl)n1Cc1ccc([N+](=O)[O-])cc1. The number of halogens is 1. The van der Waals surface area contributed by atoms with Gasteiger partial charge in [-0.3, -0.25) is 14.9 Å². The van der Waals surface area contributed by atoms with E-state index in [1.807, 2.05) is 4.57 Å². The average Bonchev–Trinajstić information content (AvgIpc) is 2.89. The fourth-order valence-electron chi connectivity index (χ4n) is 2.63. The lowest BCUT2D eigenvalue weighted by atomic mass is 10.1. The van der Waals surface area contributed by atoms with Crippen molar-refractivity contribution in [2.75, 3.05) is 0 Å². The Hall–Kier alpha value is -2.41. The van der Waals surface area contributed by atoms with Gasteiger partial charge in [-0.1, -0.05) is 44.0 Å². The average molecular weight is 380 g/mol. The second-order valence-electron chi connectivity index (χ2n) is 6.32. The number of carboxylic acids is 1. The topological polar surface area (TPSA) is 98.3 Å². The lowest BCUT2D eigenvalue weighted by molar-refractivity contribution is -0.384. The second-order valence-corrected chi connectivity index (χ2v) is 6.68. The van der Waals surface area contributed by atoms with Crippen molar-refractivity contribution in [3.63, 3.8) is 0 Å². The van der Waals surface area contributed by atoms with Crippen LogP contribution in [-0.4, -0.2) is 25.6 Å². The molecule has 1 aromatic heterocycles. The zero-order valence-corrected chi connectivity index (χ0v) is 15.6. The standard InChI is InChI=1S/C18H22ClN3O4/c1-3-4-5-16-20-15(10-12(2)18(23)24)17(19)21(16)11-13-6-8-14(9-7-13)22(25)26/h6-9,12H,3-5,10-11H2,1-2H3,(H,23,24). The van der Waals surface area contributed by atoms with Gasteiger partial charge in [-0.2, -0.15) is 0 Å². The first kappa shape index (κ1) is 19.9. The molecular weight excluding hydrogens is 358 g/mol. The lowest BCUT2D eigenvalue weighted by Gasteiger charge is -2.09. The number of nitrogens with zero attached hydrogens (tertiary/aromatic N) is 3. The van der Waals surface area contributed by atoms with E-state index >= 15 is 0 Å². The van der Waals surface area contributed by atoms with E-state index < -0.39 is 16.8 Å². The van der Waals surface area contributed by atoms with Gasteiger partial charge in [-0.25, -0.2) is 4.98 Å². The number of carboxylic acid groups (broad SMARTS) is 1. The van der Waals surface area contributed by atoms with Crippen LogP contribution in [0.15, 0.2) is 24.3 Å². The molecule has 0 aliphatic carbocycles.